The standard InChI is InChI=1S/C22H38NO/c1-19(2)13-16-23(14-8-6-5-7-9-15-23)17-18-24-22-20(3)11-10-12-21(22)4/h10-12,19H,5-9,13-18H2,1-4H3/q+1. The number of ether oxygens (including phenoxy) is 1. The number of nitrogens with zero attached hydrogens (tertiary/aromatic N) is 1. The van der Waals surface area contributed by atoms with Gasteiger partial charge in [-0.25, -0.2) is 0 Å². The molecule has 1 heterocycles. The molecular formula is C22H38NO+. The Bertz CT molecular complexity index is 466. The maximum atomic E-state index is 6.26. The number of para-hydroxylation sites is 1. The molecule has 0 aromatic heterocycles. The van der Waals surface area contributed by atoms with Crippen molar-refractivity contribution in [2.45, 2.75) is 66.2 Å². The van der Waals surface area contributed by atoms with E-state index in [0.29, 0.717) is 0 Å². The van der Waals surface area contributed by atoms with Crippen LogP contribution < -0.4 is 4.74 Å². The fourth-order valence-corrected chi connectivity index (χ4v) is 4.00. The van der Waals surface area contributed by atoms with E-state index in [2.05, 4.69) is 45.9 Å². The van der Waals surface area contributed by atoms with Crippen LogP contribution >= 0.6 is 0 Å². The summed E-state index contributed by atoms with van der Waals surface area (Å²) in [5, 5.41) is 0. The van der Waals surface area contributed by atoms with Crippen molar-refractivity contribution < 1.29 is 9.22 Å². The van der Waals surface area contributed by atoms with Gasteiger partial charge in [-0.1, -0.05) is 38.5 Å². The second-order valence-corrected chi connectivity index (χ2v) is 8.26. The SMILES string of the molecule is Cc1cccc(C)c1OCC[N+]1(CCC(C)C)CCCCCCC1. The predicted molar refractivity (Wildman–Crippen MR) is 104 cm³/mol. The summed E-state index contributed by atoms with van der Waals surface area (Å²) in [5.41, 5.74) is 2.52. The van der Waals surface area contributed by atoms with E-state index in [4.69, 9.17) is 4.74 Å². The lowest BCUT2D eigenvalue weighted by molar-refractivity contribution is -0.929. The first-order valence-corrected chi connectivity index (χ1v) is 10.1. The Morgan fingerprint density at radius 1 is 0.917 bits per heavy atom. The first-order valence-electron chi connectivity index (χ1n) is 10.1. The van der Waals surface area contributed by atoms with Gasteiger partial charge in [-0.15, -0.1) is 0 Å². The van der Waals surface area contributed by atoms with Crippen LogP contribution in [0.2, 0.25) is 0 Å². The zero-order chi connectivity index (χ0) is 17.4. The van der Waals surface area contributed by atoms with Crippen LogP contribution in [0.1, 0.15) is 63.5 Å². The monoisotopic (exact) mass is 332 g/mol. The lowest BCUT2D eigenvalue weighted by atomic mass is 10.0. The van der Waals surface area contributed by atoms with Crippen molar-refractivity contribution in [2.24, 2.45) is 5.92 Å². The summed E-state index contributed by atoms with van der Waals surface area (Å²) in [6.07, 6.45) is 8.38. The average molecular weight is 333 g/mol. The molecular weight excluding hydrogens is 294 g/mol. The van der Waals surface area contributed by atoms with Crippen LogP contribution in [0.3, 0.4) is 0 Å². The van der Waals surface area contributed by atoms with Crippen LogP contribution in [0.25, 0.3) is 0 Å². The Hall–Kier alpha value is -1.02. The van der Waals surface area contributed by atoms with Gasteiger partial charge in [0, 0.05) is 0 Å². The predicted octanol–water partition coefficient (Wildman–Crippen LogP) is 5.51. The lowest BCUT2D eigenvalue weighted by Crippen LogP contribution is -2.53. The van der Waals surface area contributed by atoms with Gasteiger partial charge in [0.15, 0.2) is 0 Å². The minimum atomic E-state index is 0.796. The molecule has 1 saturated heterocycles. The Balaban J connectivity index is 1.98. The molecule has 0 radical (unpaired) electrons. The van der Waals surface area contributed by atoms with Gasteiger partial charge in [0.05, 0.1) is 19.6 Å². The first kappa shape index (κ1) is 19.3. The quantitative estimate of drug-likeness (QED) is 0.598. The molecule has 2 nitrogen and oxygen atoms in total. The highest BCUT2D eigenvalue weighted by molar-refractivity contribution is 5.39. The Morgan fingerprint density at radius 3 is 2.08 bits per heavy atom. The van der Waals surface area contributed by atoms with E-state index in [1.807, 2.05) is 0 Å². The third-order valence-corrected chi connectivity index (χ3v) is 5.67. The maximum Gasteiger partial charge on any atom is 0.137 e. The second-order valence-electron chi connectivity index (χ2n) is 8.26. The smallest absolute Gasteiger partial charge is 0.137 e. The van der Waals surface area contributed by atoms with Gasteiger partial charge in [0.2, 0.25) is 0 Å². The van der Waals surface area contributed by atoms with E-state index in [1.54, 1.807) is 0 Å². The molecule has 0 amide bonds. The topological polar surface area (TPSA) is 9.23 Å². The molecule has 2 rings (SSSR count). The molecule has 1 aromatic rings. The highest BCUT2D eigenvalue weighted by Crippen LogP contribution is 2.24. The zero-order valence-corrected chi connectivity index (χ0v) is 16.4. The normalized spacial score (nSPS) is 18.2. The van der Waals surface area contributed by atoms with Crippen LogP contribution in [0.4, 0.5) is 0 Å². The number of hydrogen-bond acceptors (Lipinski definition) is 1. The van der Waals surface area contributed by atoms with Gasteiger partial charge in [-0.2, -0.15) is 0 Å². The van der Waals surface area contributed by atoms with Crippen molar-refractivity contribution in [3.8, 4) is 5.75 Å². The van der Waals surface area contributed by atoms with Crippen molar-refractivity contribution in [3.63, 3.8) is 0 Å². The molecule has 136 valence electrons. The number of benzene rings is 1. The Labute approximate surface area is 149 Å². The summed E-state index contributed by atoms with van der Waals surface area (Å²) < 4.78 is 7.54. The summed E-state index contributed by atoms with van der Waals surface area (Å²) in [6, 6.07) is 6.43. The first-order chi connectivity index (χ1) is 11.5. The number of aryl methyl sites for hydroxylation is 2. The minimum Gasteiger partial charge on any atom is -0.487 e. The fraction of sp³-hybridized carbons (Fsp3) is 0.727. The molecule has 1 aliphatic rings. The molecule has 0 aliphatic carbocycles. The summed E-state index contributed by atoms with van der Waals surface area (Å²) in [4.78, 5) is 0. The highest BCUT2D eigenvalue weighted by atomic mass is 16.5. The maximum absolute atomic E-state index is 6.26. The molecule has 1 aromatic carbocycles. The molecule has 1 aliphatic heterocycles. The number of likely N-dealkylation sites (tertiary alicyclic amines) is 1. The van der Waals surface area contributed by atoms with Crippen molar-refractivity contribution in [3.05, 3.63) is 29.3 Å². The van der Waals surface area contributed by atoms with Gasteiger partial charge >= 0.3 is 0 Å². The third kappa shape index (κ3) is 5.81. The van der Waals surface area contributed by atoms with Crippen molar-refractivity contribution in [1.82, 2.24) is 0 Å². The van der Waals surface area contributed by atoms with E-state index < -0.39 is 0 Å². The number of quaternary nitrogens is 1. The van der Waals surface area contributed by atoms with E-state index in [1.165, 1.54) is 80.3 Å². The summed E-state index contributed by atoms with van der Waals surface area (Å²) >= 11 is 0. The molecule has 1 fully saturated rings. The second kappa shape index (κ2) is 9.46. The summed E-state index contributed by atoms with van der Waals surface area (Å²) in [5.74, 6) is 1.90. The molecule has 0 atom stereocenters. The van der Waals surface area contributed by atoms with Gasteiger partial charge in [-0.05, 0) is 63.0 Å². The van der Waals surface area contributed by atoms with Gasteiger partial charge in [-0.3, -0.25) is 0 Å². The fourth-order valence-electron chi connectivity index (χ4n) is 4.00. The molecule has 0 spiro atoms. The van der Waals surface area contributed by atoms with E-state index in [-0.39, 0.29) is 0 Å². The van der Waals surface area contributed by atoms with Crippen LogP contribution in [0.5, 0.6) is 5.75 Å². The molecule has 0 N–H and O–H groups in total. The van der Waals surface area contributed by atoms with Crippen LogP contribution in [-0.4, -0.2) is 37.3 Å². The third-order valence-electron chi connectivity index (χ3n) is 5.67. The zero-order valence-electron chi connectivity index (χ0n) is 16.4. The summed E-state index contributed by atoms with van der Waals surface area (Å²) in [6.45, 7) is 15.1. The minimum absolute atomic E-state index is 0.796. The van der Waals surface area contributed by atoms with Crippen LogP contribution in [-0.2, 0) is 0 Å². The largest absolute Gasteiger partial charge is 0.487 e. The van der Waals surface area contributed by atoms with E-state index in [0.717, 1.165) is 18.3 Å². The number of rotatable bonds is 7. The van der Waals surface area contributed by atoms with E-state index >= 15 is 0 Å². The molecule has 2 heteroatoms. The molecule has 0 bridgehead atoms. The van der Waals surface area contributed by atoms with E-state index in [9.17, 15) is 0 Å². The van der Waals surface area contributed by atoms with Crippen molar-refractivity contribution in [2.75, 3.05) is 32.8 Å². The van der Waals surface area contributed by atoms with Crippen molar-refractivity contribution in [1.29, 1.82) is 0 Å². The highest BCUT2D eigenvalue weighted by Gasteiger charge is 2.28. The number of hydrogen-bond donors (Lipinski definition) is 0. The van der Waals surface area contributed by atoms with Gasteiger partial charge in [0.1, 0.15) is 18.9 Å². The Kier molecular flexibility index (Phi) is 7.61. The van der Waals surface area contributed by atoms with Gasteiger partial charge < -0.3 is 9.22 Å². The molecule has 0 unspecified atom stereocenters. The molecule has 0 saturated carbocycles. The average Bonchev–Trinajstić information content (AvgIpc) is 2.51. The Morgan fingerprint density at radius 2 is 1.50 bits per heavy atom. The van der Waals surface area contributed by atoms with Crippen LogP contribution in [0.15, 0.2) is 18.2 Å². The van der Waals surface area contributed by atoms with Crippen LogP contribution in [0, 0.1) is 19.8 Å². The molecule has 24 heavy (non-hydrogen) atoms. The summed E-state index contributed by atoms with van der Waals surface area (Å²) in [7, 11) is 0. The van der Waals surface area contributed by atoms with Crippen molar-refractivity contribution >= 4 is 0 Å². The van der Waals surface area contributed by atoms with Gasteiger partial charge in [0.25, 0.3) is 0 Å². The lowest BCUT2D eigenvalue weighted by Gasteiger charge is -2.40.